The smallest absolute Gasteiger partial charge is 0.228 e. The zero-order chi connectivity index (χ0) is 22.1. The van der Waals surface area contributed by atoms with E-state index in [2.05, 4.69) is 65.0 Å². The lowest BCUT2D eigenvalue weighted by atomic mass is 9.96. The second kappa shape index (κ2) is 8.75. The molecule has 1 aromatic heterocycles. The predicted octanol–water partition coefficient (Wildman–Crippen LogP) is 5.62. The Kier molecular flexibility index (Phi) is 5.66. The van der Waals surface area contributed by atoms with Crippen molar-refractivity contribution in [1.29, 1.82) is 0 Å². The number of carbonyl (C=O) groups is 1. The summed E-state index contributed by atoms with van der Waals surface area (Å²) in [7, 11) is 0. The van der Waals surface area contributed by atoms with E-state index >= 15 is 0 Å². The summed E-state index contributed by atoms with van der Waals surface area (Å²) in [5.74, 6) is 1.18. The van der Waals surface area contributed by atoms with Crippen molar-refractivity contribution in [2.75, 3.05) is 18.4 Å². The minimum Gasteiger partial charge on any atom is -0.325 e. The molecule has 1 N–H and O–H groups in total. The van der Waals surface area contributed by atoms with Crippen LogP contribution in [0.25, 0.3) is 21.8 Å². The van der Waals surface area contributed by atoms with Crippen LogP contribution < -0.4 is 5.32 Å². The summed E-state index contributed by atoms with van der Waals surface area (Å²) in [5, 5.41) is 5.43. The number of aromatic nitrogens is 2. The number of para-hydroxylation sites is 2. The Balaban J connectivity index is 1.32. The van der Waals surface area contributed by atoms with Gasteiger partial charge in [-0.05, 0) is 56.8 Å². The molecule has 2 heterocycles. The predicted molar refractivity (Wildman–Crippen MR) is 131 cm³/mol. The number of anilines is 1. The van der Waals surface area contributed by atoms with Gasteiger partial charge in [0.2, 0.25) is 5.91 Å². The normalized spacial score (nSPS) is 17.3. The number of imidazole rings is 1. The average Bonchev–Trinajstić information content (AvgIpc) is 3.17. The Morgan fingerprint density at radius 2 is 1.84 bits per heavy atom. The molecule has 5 nitrogen and oxygen atoms in total. The highest BCUT2D eigenvalue weighted by Crippen LogP contribution is 2.27. The fourth-order valence-electron chi connectivity index (χ4n) is 4.96. The second-order valence-corrected chi connectivity index (χ2v) is 9.07. The first-order chi connectivity index (χ1) is 15.6. The molecule has 1 atom stereocenters. The molecule has 0 radical (unpaired) electrons. The third-order valence-electron chi connectivity index (χ3n) is 6.47. The third-order valence-corrected chi connectivity index (χ3v) is 6.47. The summed E-state index contributed by atoms with van der Waals surface area (Å²) in [4.78, 5) is 20.5. The molecule has 32 heavy (non-hydrogen) atoms. The molecule has 0 bridgehead atoms. The molecule has 0 saturated carbocycles. The Bertz CT molecular complexity index is 1250. The molecule has 5 heteroatoms. The van der Waals surface area contributed by atoms with Gasteiger partial charge in [0.05, 0.1) is 23.5 Å². The van der Waals surface area contributed by atoms with Gasteiger partial charge in [0, 0.05) is 23.7 Å². The van der Waals surface area contributed by atoms with Crippen LogP contribution in [0.5, 0.6) is 0 Å². The molecule has 1 saturated heterocycles. The van der Waals surface area contributed by atoms with Gasteiger partial charge in [-0.2, -0.15) is 0 Å². The largest absolute Gasteiger partial charge is 0.325 e. The SMILES string of the molecule is CC(C)n1c(CN2CCC[C@@H](C(=O)Nc3cccc4ccccc34)C2)nc2ccccc21. The van der Waals surface area contributed by atoms with Crippen LogP contribution in [0.4, 0.5) is 5.69 Å². The fraction of sp³-hybridized carbons (Fsp3) is 0.333. The highest BCUT2D eigenvalue weighted by atomic mass is 16.1. The lowest BCUT2D eigenvalue weighted by molar-refractivity contribution is -0.121. The first kappa shape index (κ1) is 20.7. The van der Waals surface area contributed by atoms with Gasteiger partial charge in [-0.1, -0.05) is 48.5 Å². The van der Waals surface area contributed by atoms with Crippen LogP contribution in [0, 0.1) is 5.92 Å². The van der Waals surface area contributed by atoms with E-state index in [1.807, 2.05) is 30.3 Å². The van der Waals surface area contributed by atoms with Crippen molar-refractivity contribution in [2.24, 2.45) is 5.92 Å². The number of amides is 1. The van der Waals surface area contributed by atoms with E-state index in [0.717, 1.165) is 60.3 Å². The molecular formula is C27H30N4O. The van der Waals surface area contributed by atoms with Crippen LogP contribution >= 0.6 is 0 Å². The number of carbonyl (C=O) groups excluding carboxylic acids is 1. The number of fused-ring (bicyclic) bond motifs is 2. The summed E-state index contributed by atoms with van der Waals surface area (Å²) in [6.07, 6.45) is 1.95. The van der Waals surface area contributed by atoms with Gasteiger partial charge in [-0.15, -0.1) is 0 Å². The minimum absolute atomic E-state index is 0.0143. The molecule has 1 aliphatic rings. The van der Waals surface area contributed by atoms with Gasteiger partial charge in [0.25, 0.3) is 0 Å². The van der Waals surface area contributed by atoms with Crippen LogP contribution in [-0.2, 0) is 11.3 Å². The van der Waals surface area contributed by atoms with Crippen molar-refractivity contribution in [3.05, 3.63) is 72.6 Å². The number of rotatable bonds is 5. The average molecular weight is 427 g/mol. The summed E-state index contributed by atoms with van der Waals surface area (Å²) < 4.78 is 2.33. The molecule has 4 aromatic rings. The quantitative estimate of drug-likeness (QED) is 0.450. The summed E-state index contributed by atoms with van der Waals surface area (Å²) in [6.45, 7) is 6.94. The van der Waals surface area contributed by atoms with Gasteiger partial charge >= 0.3 is 0 Å². The molecule has 1 amide bonds. The molecular weight excluding hydrogens is 396 g/mol. The monoisotopic (exact) mass is 426 g/mol. The fourth-order valence-corrected chi connectivity index (χ4v) is 4.96. The second-order valence-electron chi connectivity index (χ2n) is 9.07. The minimum atomic E-state index is -0.0143. The zero-order valence-corrected chi connectivity index (χ0v) is 18.8. The van der Waals surface area contributed by atoms with Crippen LogP contribution in [0.3, 0.4) is 0 Å². The van der Waals surface area contributed by atoms with Gasteiger partial charge in [-0.25, -0.2) is 4.98 Å². The number of benzene rings is 3. The van der Waals surface area contributed by atoms with Crippen LogP contribution in [0.1, 0.15) is 38.6 Å². The summed E-state index contributed by atoms with van der Waals surface area (Å²) >= 11 is 0. The standard InChI is InChI=1S/C27H30N4O/c1-19(2)31-25-15-6-5-13-24(25)28-26(31)18-30-16-8-11-21(17-30)27(32)29-23-14-7-10-20-9-3-4-12-22(20)23/h3-7,9-10,12-15,19,21H,8,11,16-18H2,1-2H3,(H,29,32)/t21-/m1/s1. The maximum absolute atomic E-state index is 13.2. The van der Waals surface area contributed by atoms with Gasteiger partial charge in [0.1, 0.15) is 5.82 Å². The van der Waals surface area contributed by atoms with E-state index < -0.39 is 0 Å². The Hall–Kier alpha value is -3.18. The topological polar surface area (TPSA) is 50.2 Å². The van der Waals surface area contributed by atoms with Crippen molar-refractivity contribution in [1.82, 2.24) is 14.5 Å². The molecule has 164 valence electrons. The van der Waals surface area contributed by atoms with Gasteiger partial charge < -0.3 is 9.88 Å². The maximum atomic E-state index is 13.2. The number of likely N-dealkylation sites (tertiary alicyclic amines) is 1. The Labute approximate surface area is 189 Å². The highest BCUT2D eigenvalue weighted by Gasteiger charge is 2.27. The van der Waals surface area contributed by atoms with Crippen LogP contribution in [0.2, 0.25) is 0 Å². The van der Waals surface area contributed by atoms with E-state index in [1.165, 1.54) is 5.52 Å². The maximum Gasteiger partial charge on any atom is 0.228 e. The first-order valence-corrected chi connectivity index (χ1v) is 11.6. The molecule has 5 rings (SSSR count). The molecule has 1 fully saturated rings. The number of hydrogen-bond acceptors (Lipinski definition) is 3. The number of nitrogens with one attached hydrogen (secondary N) is 1. The zero-order valence-electron chi connectivity index (χ0n) is 18.8. The molecule has 0 spiro atoms. The number of nitrogens with zero attached hydrogens (tertiary/aromatic N) is 3. The summed E-state index contributed by atoms with van der Waals surface area (Å²) in [5.41, 5.74) is 3.12. The Morgan fingerprint density at radius 3 is 2.72 bits per heavy atom. The van der Waals surface area contributed by atoms with Crippen molar-refractivity contribution in [3.63, 3.8) is 0 Å². The van der Waals surface area contributed by atoms with Gasteiger partial charge in [-0.3, -0.25) is 9.69 Å². The van der Waals surface area contributed by atoms with E-state index in [4.69, 9.17) is 4.98 Å². The van der Waals surface area contributed by atoms with E-state index in [-0.39, 0.29) is 11.8 Å². The third kappa shape index (κ3) is 4.00. The van der Waals surface area contributed by atoms with Crippen LogP contribution in [-0.4, -0.2) is 33.4 Å². The van der Waals surface area contributed by atoms with E-state index in [1.54, 1.807) is 0 Å². The Morgan fingerprint density at radius 1 is 1.06 bits per heavy atom. The number of piperidine rings is 1. The highest BCUT2D eigenvalue weighted by molar-refractivity contribution is 6.02. The van der Waals surface area contributed by atoms with Gasteiger partial charge in [0.15, 0.2) is 0 Å². The first-order valence-electron chi connectivity index (χ1n) is 11.6. The lowest BCUT2D eigenvalue weighted by Crippen LogP contribution is -2.40. The summed E-state index contributed by atoms with van der Waals surface area (Å²) in [6, 6.07) is 22.9. The van der Waals surface area contributed by atoms with Crippen molar-refractivity contribution >= 4 is 33.4 Å². The van der Waals surface area contributed by atoms with Crippen molar-refractivity contribution in [3.8, 4) is 0 Å². The molecule has 0 unspecified atom stereocenters. The van der Waals surface area contributed by atoms with E-state index in [9.17, 15) is 4.79 Å². The molecule has 1 aliphatic heterocycles. The van der Waals surface area contributed by atoms with E-state index in [0.29, 0.717) is 6.04 Å². The molecule has 3 aromatic carbocycles. The number of hydrogen-bond donors (Lipinski definition) is 1. The van der Waals surface area contributed by atoms with Crippen LogP contribution in [0.15, 0.2) is 66.7 Å². The molecule has 0 aliphatic carbocycles. The van der Waals surface area contributed by atoms with Crippen molar-refractivity contribution < 1.29 is 4.79 Å². The lowest BCUT2D eigenvalue weighted by Gasteiger charge is -2.32. The van der Waals surface area contributed by atoms with Crippen molar-refractivity contribution in [2.45, 2.75) is 39.3 Å².